The predicted molar refractivity (Wildman–Crippen MR) is 96.0 cm³/mol. The maximum absolute atomic E-state index is 12.5. The summed E-state index contributed by atoms with van der Waals surface area (Å²) in [4.78, 5) is 28.1. The quantitative estimate of drug-likeness (QED) is 0.678. The zero-order valence-corrected chi connectivity index (χ0v) is 14.9. The van der Waals surface area contributed by atoms with E-state index in [0.29, 0.717) is 5.56 Å². The fourth-order valence-corrected chi connectivity index (χ4v) is 2.52. The van der Waals surface area contributed by atoms with Crippen LogP contribution in [0.25, 0.3) is 11.3 Å². The van der Waals surface area contributed by atoms with Gasteiger partial charge in [-0.1, -0.05) is 18.2 Å². The number of nitrogens with one attached hydrogen (secondary N) is 1. The number of nitrogens with two attached hydrogens (primary N) is 1. The lowest BCUT2D eigenvalue weighted by atomic mass is 10.1. The molecule has 3 aromatic rings. The molecule has 0 atom stereocenters. The first-order valence-corrected chi connectivity index (χ1v) is 8.10. The summed E-state index contributed by atoms with van der Waals surface area (Å²) in [6, 6.07) is 9.68. The molecule has 0 aliphatic carbocycles. The van der Waals surface area contributed by atoms with Gasteiger partial charge in [-0.2, -0.15) is 5.10 Å². The van der Waals surface area contributed by atoms with Crippen LogP contribution < -0.4 is 15.8 Å². The first kappa shape index (κ1) is 19.9. The van der Waals surface area contributed by atoms with Gasteiger partial charge < -0.3 is 15.8 Å². The Morgan fingerprint density at radius 3 is 2.59 bits per heavy atom. The van der Waals surface area contributed by atoms with Crippen LogP contribution in [-0.4, -0.2) is 32.9 Å². The van der Waals surface area contributed by atoms with Gasteiger partial charge in [-0.25, -0.2) is 4.98 Å². The number of primary amides is 1. The number of carbonyl (C=O) groups excluding carboxylic acids is 2. The van der Waals surface area contributed by atoms with Crippen molar-refractivity contribution in [1.82, 2.24) is 14.8 Å². The minimum atomic E-state index is -4.82. The number of nitrogens with zero attached hydrogens (tertiary/aromatic N) is 3. The average Bonchev–Trinajstić information content (AvgIpc) is 3.01. The van der Waals surface area contributed by atoms with E-state index >= 15 is 0 Å². The summed E-state index contributed by atoms with van der Waals surface area (Å²) in [6.07, 6.45) is -3.42. The highest BCUT2D eigenvalue weighted by Gasteiger charge is 2.31. The molecule has 29 heavy (non-hydrogen) atoms. The molecule has 8 nitrogen and oxygen atoms in total. The van der Waals surface area contributed by atoms with Crippen LogP contribution in [0.1, 0.15) is 21.0 Å². The van der Waals surface area contributed by atoms with Crippen molar-refractivity contribution in [2.24, 2.45) is 12.8 Å². The van der Waals surface area contributed by atoms with Gasteiger partial charge in [0.1, 0.15) is 11.4 Å². The normalized spacial score (nSPS) is 11.2. The molecule has 11 heteroatoms. The van der Waals surface area contributed by atoms with E-state index in [1.165, 1.54) is 41.2 Å². The van der Waals surface area contributed by atoms with E-state index in [9.17, 15) is 22.8 Å². The number of pyridine rings is 1. The number of rotatable bonds is 5. The van der Waals surface area contributed by atoms with E-state index in [0.717, 1.165) is 12.1 Å². The lowest BCUT2D eigenvalue weighted by molar-refractivity contribution is -0.274. The van der Waals surface area contributed by atoms with Gasteiger partial charge in [0.25, 0.3) is 11.8 Å². The summed E-state index contributed by atoms with van der Waals surface area (Å²) in [5.74, 6) is -1.87. The minimum absolute atomic E-state index is 0.0242. The summed E-state index contributed by atoms with van der Waals surface area (Å²) < 4.78 is 42.4. The Bertz CT molecular complexity index is 1080. The summed E-state index contributed by atoms with van der Waals surface area (Å²) in [6.45, 7) is 0. The summed E-state index contributed by atoms with van der Waals surface area (Å²) in [5.41, 5.74) is 5.77. The molecule has 1 aromatic carbocycles. The summed E-state index contributed by atoms with van der Waals surface area (Å²) in [5, 5.41) is 6.35. The van der Waals surface area contributed by atoms with Crippen LogP contribution in [0.4, 0.5) is 18.9 Å². The number of aromatic nitrogens is 3. The molecular weight excluding hydrogens is 391 g/mol. The van der Waals surface area contributed by atoms with Crippen molar-refractivity contribution in [2.75, 3.05) is 5.32 Å². The Morgan fingerprint density at radius 2 is 1.90 bits per heavy atom. The maximum Gasteiger partial charge on any atom is 0.573 e. The number of amides is 2. The Hall–Kier alpha value is -3.89. The van der Waals surface area contributed by atoms with Crippen molar-refractivity contribution in [1.29, 1.82) is 0 Å². The molecule has 3 N–H and O–H groups in total. The van der Waals surface area contributed by atoms with Crippen LogP contribution >= 0.6 is 0 Å². The summed E-state index contributed by atoms with van der Waals surface area (Å²) >= 11 is 0. The van der Waals surface area contributed by atoms with Crippen LogP contribution in [0, 0.1) is 0 Å². The van der Waals surface area contributed by atoms with Crippen LogP contribution in [-0.2, 0) is 7.05 Å². The molecule has 2 amide bonds. The highest BCUT2D eigenvalue weighted by molar-refractivity contribution is 6.07. The van der Waals surface area contributed by atoms with Gasteiger partial charge in [0, 0.05) is 18.8 Å². The van der Waals surface area contributed by atoms with E-state index in [1.54, 1.807) is 7.05 Å². The minimum Gasteiger partial charge on any atom is -0.406 e. The molecule has 3 rings (SSSR count). The number of aryl methyl sites for hydroxylation is 1. The highest BCUT2D eigenvalue weighted by Crippen LogP contribution is 2.27. The van der Waals surface area contributed by atoms with Crippen LogP contribution in [0.2, 0.25) is 0 Å². The maximum atomic E-state index is 12.5. The molecule has 150 valence electrons. The van der Waals surface area contributed by atoms with Crippen LogP contribution in [0.15, 0.2) is 48.7 Å². The number of halogens is 3. The molecule has 0 aliphatic rings. The number of alkyl halides is 3. The van der Waals surface area contributed by atoms with E-state index in [2.05, 4.69) is 20.1 Å². The number of hydrogen-bond acceptors (Lipinski definition) is 5. The number of benzene rings is 1. The molecule has 0 spiro atoms. The zero-order chi connectivity index (χ0) is 21.2. The molecule has 0 aliphatic heterocycles. The molecule has 2 heterocycles. The van der Waals surface area contributed by atoms with Crippen molar-refractivity contribution in [3.63, 3.8) is 0 Å². The summed E-state index contributed by atoms with van der Waals surface area (Å²) in [7, 11) is 1.55. The fourth-order valence-electron chi connectivity index (χ4n) is 2.52. The second-order valence-corrected chi connectivity index (χ2v) is 5.87. The largest absolute Gasteiger partial charge is 0.573 e. The van der Waals surface area contributed by atoms with Crippen molar-refractivity contribution in [3.8, 4) is 17.0 Å². The SMILES string of the molecule is Cn1cc(NC(=O)c2cccc(-c3cccc(OC(F)(F)F)c3)n2)c(C(N)=O)n1. The predicted octanol–water partition coefficient (Wildman–Crippen LogP) is 2.73. The Balaban J connectivity index is 1.86. The average molecular weight is 405 g/mol. The van der Waals surface area contributed by atoms with Gasteiger partial charge in [0.2, 0.25) is 0 Å². The smallest absolute Gasteiger partial charge is 0.406 e. The number of carbonyl (C=O) groups is 2. The molecule has 0 unspecified atom stereocenters. The second kappa shape index (κ2) is 7.62. The van der Waals surface area contributed by atoms with Gasteiger partial charge in [0.05, 0.1) is 11.4 Å². The highest BCUT2D eigenvalue weighted by atomic mass is 19.4. The topological polar surface area (TPSA) is 112 Å². The van der Waals surface area contributed by atoms with Gasteiger partial charge in [-0.05, 0) is 24.3 Å². The third-order valence-electron chi connectivity index (χ3n) is 3.66. The van der Waals surface area contributed by atoms with E-state index < -0.39 is 23.9 Å². The monoisotopic (exact) mass is 405 g/mol. The van der Waals surface area contributed by atoms with Crippen molar-refractivity contribution in [3.05, 3.63) is 60.0 Å². The van der Waals surface area contributed by atoms with E-state index in [-0.39, 0.29) is 22.8 Å². The second-order valence-electron chi connectivity index (χ2n) is 5.87. The number of anilines is 1. The Kier molecular flexibility index (Phi) is 5.22. The molecule has 0 fully saturated rings. The van der Waals surface area contributed by atoms with E-state index in [1.807, 2.05) is 0 Å². The van der Waals surface area contributed by atoms with Crippen LogP contribution in [0.5, 0.6) is 5.75 Å². The van der Waals surface area contributed by atoms with Gasteiger partial charge in [0.15, 0.2) is 5.69 Å². The molecule has 0 saturated carbocycles. The molecule has 2 aromatic heterocycles. The van der Waals surface area contributed by atoms with Gasteiger partial charge in [-0.3, -0.25) is 14.3 Å². The van der Waals surface area contributed by atoms with Crippen molar-refractivity contribution in [2.45, 2.75) is 6.36 Å². The lowest BCUT2D eigenvalue weighted by Crippen LogP contribution is -2.18. The number of hydrogen-bond donors (Lipinski definition) is 2. The molecular formula is C18H14F3N5O3. The Morgan fingerprint density at radius 1 is 1.17 bits per heavy atom. The Labute approximate surface area is 162 Å². The standard InChI is InChI=1S/C18H14F3N5O3/c1-26-9-14(15(25-26)16(22)27)24-17(28)13-7-3-6-12(23-13)10-4-2-5-11(8-10)29-18(19,20)21/h2-9H,1H3,(H2,22,27)(H,24,28). The van der Waals surface area contributed by atoms with Gasteiger partial charge in [-0.15, -0.1) is 13.2 Å². The van der Waals surface area contributed by atoms with Crippen molar-refractivity contribution >= 4 is 17.5 Å². The van der Waals surface area contributed by atoms with E-state index in [4.69, 9.17) is 5.73 Å². The molecule has 0 saturated heterocycles. The molecule has 0 radical (unpaired) electrons. The lowest BCUT2D eigenvalue weighted by Gasteiger charge is -2.10. The fraction of sp³-hybridized carbons (Fsp3) is 0.111. The zero-order valence-electron chi connectivity index (χ0n) is 14.9. The third kappa shape index (κ3) is 4.89. The number of ether oxygens (including phenoxy) is 1. The third-order valence-corrected chi connectivity index (χ3v) is 3.66. The van der Waals surface area contributed by atoms with Gasteiger partial charge >= 0.3 is 6.36 Å². The molecule has 0 bridgehead atoms. The van der Waals surface area contributed by atoms with Crippen molar-refractivity contribution < 1.29 is 27.5 Å². The van der Waals surface area contributed by atoms with Crippen LogP contribution in [0.3, 0.4) is 0 Å². The first-order chi connectivity index (χ1) is 13.6. The first-order valence-electron chi connectivity index (χ1n) is 8.10.